The van der Waals surface area contributed by atoms with E-state index in [0.29, 0.717) is 18.0 Å². The van der Waals surface area contributed by atoms with Crippen LogP contribution >= 0.6 is 0 Å². The quantitative estimate of drug-likeness (QED) is 0.789. The molecule has 0 radical (unpaired) electrons. The van der Waals surface area contributed by atoms with Crippen molar-refractivity contribution in [1.29, 1.82) is 0 Å². The van der Waals surface area contributed by atoms with Gasteiger partial charge >= 0.3 is 5.97 Å². The van der Waals surface area contributed by atoms with Crippen molar-refractivity contribution >= 4 is 5.97 Å². The van der Waals surface area contributed by atoms with Gasteiger partial charge in [0.05, 0.1) is 0 Å². The average Bonchev–Trinajstić information content (AvgIpc) is 2.38. The minimum Gasteiger partial charge on any atom is -0.480 e. The Hall–Kier alpha value is -1.39. The number of likely N-dealkylation sites (N-methyl/N-ethyl adjacent to an activating group) is 1. The number of aliphatic carboxylic acids is 1. The number of carbonyl (C=O) groups is 1. The number of rotatable bonds is 7. The van der Waals surface area contributed by atoms with Crippen LogP contribution in [-0.4, -0.2) is 35.6 Å². The lowest BCUT2D eigenvalue weighted by Gasteiger charge is -2.32. The predicted octanol–water partition coefficient (Wildman–Crippen LogP) is 1.90. The lowest BCUT2D eigenvalue weighted by Crippen LogP contribution is -2.54. The van der Waals surface area contributed by atoms with Crippen molar-refractivity contribution in [3.05, 3.63) is 35.9 Å². The van der Waals surface area contributed by atoms with Gasteiger partial charge in [-0.1, -0.05) is 51.1 Å². The molecule has 0 aliphatic heterocycles. The third kappa shape index (κ3) is 4.04. The molecule has 4 nitrogen and oxygen atoms in total. The Morgan fingerprint density at radius 1 is 1.37 bits per heavy atom. The maximum atomic E-state index is 11.6. The lowest BCUT2D eigenvalue weighted by molar-refractivity contribution is -0.144. The van der Waals surface area contributed by atoms with Gasteiger partial charge in [0.25, 0.3) is 0 Å². The Kier molecular flexibility index (Phi) is 5.51. The number of hydrogen-bond acceptors (Lipinski definition) is 3. The summed E-state index contributed by atoms with van der Waals surface area (Å²) < 4.78 is 0. The molecule has 1 rings (SSSR count). The molecular formula is C15H24N2O2. The van der Waals surface area contributed by atoms with Crippen LogP contribution in [0.5, 0.6) is 0 Å². The highest BCUT2D eigenvalue weighted by molar-refractivity contribution is 5.80. The molecule has 0 saturated heterocycles. The second-order valence-electron chi connectivity index (χ2n) is 5.36. The van der Waals surface area contributed by atoms with E-state index in [4.69, 9.17) is 5.73 Å². The van der Waals surface area contributed by atoms with Crippen LogP contribution in [0, 0.1) is 5.92 Å². The van der Waals surface area contributed by atoms with Gasteiger partial charge in [-0.15, -0.1) is 0 Å². The summed E-state index contributed by atoms with van der Waals surface area (Å²) in [6.07, 6.45) is 0. The highest BCUT2D eigenvalue weighted by atomic mass is 16.4. The van der Waals surface area contributed by atoms with Gasteiger partial charge in [-0.05, 0) is 18.0 Å². The van der Waals surface area contributed by atoms with Crippen LogP contribution in [0.2, 0.25) is 0 Å². The van der Waals surface area contributed by atoms with E-state index >= 15 is 0 Å². The van der Waals surface area contributed by atoms with Crippen molar-refractivity contribution in [1.82, 2.24) is 4.90 Å². The van der Waals surface area contributed by atoms with Crippen LogP contribution in [0.25, 0.3) is 0 Å². The molecular weight excluding hydrogens is 240 g/mol. The molecule has 0 spiro atoms. The van der Waals surface area contributed by atoms with E-state index in [9.17, 15) is 9.90 Å². The standard InChI is InChI=1S/C15H24N2O2/c1-4-17(10-12(2)3)11-15(16,14(18)19)13-8-6-5-7-9-13/h5-9,12H,4,10-11,16H2,1-3H3,(H,18,19). The minimum absolute atomic E-state index is 0.320. The third-order valence-corrected chi connectivity index (χ3v) is 3.21. The fraction of sp³-hybridized carbons (Fsp3) is 0.533. The predicted molar refractivity (Wildman–Crippen MR) is 76.9 cm³/mol. The summed E-state index contributed by atoms with van der Waals surface area (Å²) in [5, 5.41) is 9.51. The highest BCUT2D eigenvalue weighted by Gasteiger charge is 2.37. The molecule has 4 heteroatoms. The SMILES string of the molecule is CCN(CC(C)C)CC(N)(C(=O)O)c1ccccc1. The Bertz CT molecular complexity index is 406. The molecule has 0 amide bonds. The summed E-state index contributed by atoms with van der Waals surface area (Å²) >= 11 is 0. The van der Waals surface area contributed by atoms with E-state index in [0.717, 1.165) is 13.1 Å². The minimum atomic E-state index is -1.36. The zero-order chi connectivity index (χ0) is 14.5. The summed E-state index contributed by atoms with van der Waals surface area (Å²) in [6, 6.07) is 9.05. The molecule has 0 aliphatic rings. The van der Waals surface area contributed by atoms with E-state index in [1.165, 1.54) is 0 Å². The van der Waals surface area contributed by atoms with Crippen molar-refractivity contribution in [3.63, 3.8) is 0 Å². The molecule has 1 atom stereocenters. The number of hydrogen-bond donors (Lipinski definition) is 2. The molecule has 1 aromatic rings. The summed E-state index contributed by atoms with van der Waals surface area (Å²) in [4.78, 5) is 13.7. The van der Waals surface area contributed by atoms with E-state index in [2.05, 4.69) is 18.7 Å². The van der Waals surface area contributed by atoms with Gasteiger partial charge in [0.2, 0.25) is 0 Å². The van der Waals surface area contributed by atoms with Crippen LogP contribution in [0.4, 0.5) is 0 Å². The Morgan fingerprint density at radius 2 is 1.95 bits per heavy atom. The molecule has 3 N–H and O–H groups in total. The molecule has 19 heavy (non-hydrogen) atoms. The summed E-state index contributed by atoms with van der Waals surface area (Å²) in [5.74, 6) is -0.505. The Labute approximate surface area is 115 Å². The monoisotopic (exact) mass is 264 g/mol. The molecule has 0 fully saturated rings. The molecule has 1 unspecified atom stereocenters. The van der Waals surface area contributed by atoms with E-state index < -0.39 is 11.5 Å². The fourth-order valence-corrected chi connectivity index (χ4v) is 2.19. The summed E-state index contributed by atoms with van der Waals surface area (Å²) in [6.45, 7) is 8.21. The zero-order valence-electron chi connectivity index (χ0n) is 12.0. The third-order valence-electron chi connectivity index (χ3n) is 3.21. The number of carboxylic acids is 1. The first-order chi connectivity index (χ1) is 8.90. The second kappa shape index (κ2) is 6.68. The first kappa shape index (κ1) is 15.7. The van der Waals surface area contributed by atoms with Gasteiger partial charge in [0, 0.05) is 13.1 Å². The molecule has 106 valence electrons. The van der Waals surface area contributed by atoms with Crippen LogP contribution in [-0.2, 0) is 10.3 Å². The number of nitrogens with two attached hydrogens (primary N) is 1. The summed E-state index contributed by atoms with van der Waals surface area (Å²) in [7, 11) is 0. The van der Waals surface area contributed by atoms with E-state index in [1.807, 2.05) is 25.1 Å². The Morgan fingerprint density at radius 3 is 2.37 bits per heavy atom. The molecule has 0 bridgehead atoms. The van der Waals surface area contributed by atoms with E-state index in [1.54, 1.807) is 12.1 Å². The van der Waals surface area contributed by atoms with E-state index in [-0.39, 0.29) is 0 Å². The molecule has 0 saturated carbocycles. The van der Waals surface area contributed by atoms with Crippen LogP contribution in [0.1, 0.15) is 26.3 Å². The number of benzene rings is 1. The van der Waals surface area contributed by atoms with Crippen molar-refractivity contribution in [2.45, 2.75) is 26.3 Å². The topological polar surface area (TPSA) is 66.6 Å². The van der Waals surface area contributed by atoms with Crippen molar-refractivity contribution < 1.29 is 9.90 Å². The summed E-state index contributed by atoms with van der Waals surface area (Å²) in [5.41, 5.74) is 5.46. The lowest BCUT2D eigenvalue weighted by atomic mass is 9.90. The number of carboxylic acid groups (broad SMARTS) is 1. The highest BCUT2D eigenvalue weighted by Crippen LogP contribution is 2.20. The first-order valence-electron chi connectivity index (χ1n) is 6.70. The van der Waals surface area contributed by atoms with Crippen molar-refractivity contribution in [3.8, 4) is 0 Å². The van der Waals surface area contributed by atoms with Crippen LogP contribution in [0.15, 0.2) is 30.3 Å². The van der Waals surface area contributed by atoms with Crippen LogP contribution < -0.4 is 5.73 Å². The van der Waals surface area contributed by atoms with Gasteiger partial charge in [-0.3, -0.25) is 0 Å². The van der Waals surface area contributed by atoms with Gasteiger partial charge in [-0.2, -0.15) is 0 Å². The van der Waals surface area contributed by atoms with Gasteiger partial charge < -0.3 is 15.7 Å². The zero-order valence-corrected chi connectivity index (χ0v) is 12.0. The average molecular weight is 264 g/mol. The molecule has 1 aromatic carbocycles. The largest absolute Gasteiger partial charge is 0.480 e. The normalized spacial score (nSPS) is 14.6. The van der Waals surface area contributed by atoms with Crippen molar-refractivity contribution in [2.24, 2.45) is 11.7 Å². The molecule has 0 aromatic heterocycles. The van der Waals surface area contributed by atoms with Gasteiger partial charge in [-0.25, -0.2) is 4.79 Å². The maximum absolute atomic E-state index is 11.6. The van der Waals surface area contributed by atoms with Crippen molar-refractivity contribution in [2.75, 3.05) is 19.6 Å². The fourth-order valence-electron chi connectivity index (χ4n) is 2.19. The Balaban J connectivity index is 2.97. The van der Waals surface area contributed by atoms with Gasteiger partial charge in [0.15, 0.2) is 5.54 Å². The molecule has 0 heterocycles. The maximum Gasteiger partial charge on any atom is 0.329 e. The smallest absolute Gasteiger partial charge is 0.329 e. The number of nitrogens with zero attached hydrogens (tertiary/aromatic N) is 1. The first-order valence-corrected chi connectivity index (χ1v) is 6.70. The van der Waals surface area contributed by atoms with Gasteiger partial charge in [0.1, 0.15) is 0 Å². The second-order valence-corrected chi connectivity index (χ2v) is 5.36. The van der Waals surface area contributed by atoms with Crippen LogP contribution in [0.3, 0.4) is 0 Å². The molecule has 0 aliphatic carbocycles.